The third-order valence-electron chi connectivity index (χ3n) is 8.83. The van der Waals surface area contributed by atoms with Gasteiger partial charge in [-0.2, -0.15) is 0 Å². The molecular formula is C25H44O4Si. The van der Waals surface area contributed by atoms with Crippen molar-refractivity contribution in [2.24, 2.45) is 17.3 Å². The van der Waals surface area contributed by atoms with Crippen molar-refractivity contribution in [1.82, 2.24) is 0 Å². The number of carbonyl (C=O) groups excluding carboxylic acids is 1. The van der Waals surface area contributed by atoms with Gasteiger partial charge in [0.25, 0.3) is 0 Å². The third-order valence-corrected chi connectivity index (χ3v) is 13.3. The molecule has 1 aliphatic heterocycles. The molecular weight excluding hydrogens is 392 g/mol. The van der Waals surface area contributed by atoms with Crippen LogP contribution in [-0.2, 0) is 18.7 Å². The Morgan fingerprint density at radius 1 is 1.23 bits per heavy atom. The number of esters is 1. The zero-order valence-corrected chi connectivity index (χ0v) is 21.6. The van der Waals surface area contributed by atoms with E-state index < -0.39 is 8.32 Å². The molecule has 2 aliphatic carbocycles. The van der Waals surface area contributed by atoms with E-state index in [9.17, 15) is 4.79 Å². The van der Waals surface area contributed by atoms with E-state index in [-0.39, 0.29) is 22.0 Å². The summed E-state index contributed by atoms with van der Waals surface area (Å²) in [5.74, 6) is 0.883. The average Bonchev–Trinajstić information content (AvgIpc) is 3.15. The molecule has 3 aliphatic rings. The maximum atomic E-state index is 11.9. The Kier molecular flexibility index (Phi) is 6.69. The van der Waals surface area contributed by atoms with Gasteiger partial charge in [0.2, 0.25) is 0 Å². The van der Waals surface area contributed by atoms with Crippen molar-refractivity contribution in [3.63, 3.8) is 0 Å². The summed E-state index contributed by atoms with van der Waals surface area (Å²) in [6, 6.07) is 0. The highest BCUT2D eigenvalue weighted by Gasteiger charge is 2.59. The number of hydrogen-bond acceptors (Lipinski definition) is 4. The van der Waals surface area contributed by atoms with Crippen LogP contribution in [0, 0.1) is 17.3 Å². The van der Waals surface area contributed by atoms with Gasteiger partial charge in [-0.05, 0) is 80.5 Å². The fraction of sp³-hybridized carbons (Fsp3) is 0.880. The first-order chi connectivity index (χ1) is 13.8. The van der Waals surface area contributed by atoms with Crippen LogP contribution >= 0.6 is 0 Å². The summed E-state index contributed by atoms with van der Waals surface area (Å²) in [6.45, 7) is 19.4. The molecule has 172 valence electrons. The summed E-state index contributed by atoms with van der Waals surface area (Å²) < 4.78 is 18.5. The predicted octanol–water partition coefficient (Wildman–Crippen LogP) is 6.26. The van der Waals surface area contributed by atoms with Gasteiger partial charge in [-0.25, -0.2) is 4.79 Å². The fourth-order valence-electron chi connectivity index (χ4n) is 6.30. The molecule has 5 atom stereocenters. The standard InChI is InChI=1S/C25H44O4Si/c1-9-27-22(26)15-18-16-25(6,28-17-18)21-13-12-19-20(11-10-14-24(19,21)5)29-30(7,8)23(2,3)4/h15,19-21H,9-14,16-17H2,1-8H3/t19-,20-,21-,24-,25-/m0/s1. The van der Waals surface area contributed by atoms with Gasteiger partial charge in [0.1, 0.15) is 0 Å². The first-order valence-corrected chi connectivity index (χ1v) is 14.9. The molecule has 4 nitrogen and oxygen atoms in total. The minimum Gasteiger partial charge on any atom is -0.463 e. The lowest BCUT2D eigenvalue weighted by molar-refractivity contribution is -0.137. The molecule has 0 spiro atoms. The van der Waals surface area contributed by atoms with Crippen LogP contribution in [0.1, 0.15) is 80.1 Å². The highest BCUT2D eigenvalue weighted by molar-refractivity contribution is 6.74. The van der Waals surface area contributed by atoms with Crippen molar-refractivity contribution in [2.75, 3.05) is 13.2 Å². The molecule has 1 saturated heterocycles. The minimum absolute atomic E-state index is 0.194. The Bertz CT molecular complexity index is 679. The van der Waals surface area contributed by atoms with Crippen LogP contribution in [0.5, 0.6) is 0 Å². The smallest absolute Gasteiger partial charge is 0.330 e. The quantitative estimate of drug-likeness (QED) is 0.290. The highest BCUT2D eigenvalue weighted by atomic mass is 28.4. The van der Waals surface area contributed by atoms with E-state index in [2.05, 4.69) is 47.7 Å². The van der Waals surface area contributed by atoms with Gasteiger partial charge in [-0.1, -0.05) is 34.1 Å². The van der Waals surface area contributed by atoms with Crippen molar-refractivity contribution in [3.05, 3.63) is 11.6 Å². The summed E-state index contributed by atoms with van der Waals surface area (Å²) in [5.41, 5.74) is 1.13. The van der Waals surface area contributed by atoms with E-state index in [0.717, 1.165) is 12.0 Å². The van der Waals surface area contributed by atoms with Crippen LogP contribution < -0.4 is 0 Å². The molecule has 1 heterocycles. The number of carbonyl (C=O) groups is 1. The van der Waals surface area contributed by atoms with Crippen molar-refractivity contribution >= 4 is 14.3 Å². The van der Waals surface area contributed by atoms with Crippen molar-refractivity contribution < 1.29 is 18.7 Å². The lowest BCUT2D eigenvalue weighted by Crippen LogP contribution is -2.52. The lowest BCUT2D eigenvalue weighted by Gasteiger charge is -2.51. The Balaban J connectivity index is 1.76. The van der Waals surface area contributed by atoms with Crippen LogP contribution in [0.15, 0.2) is 11.6 Å². The van der Waals surface area contributed by atoms with Crippen LogP contribution in [0.25, 0.3) is 0 Å². The first kappa shape index (κ1) is 24.0. The second-order valence-electron chi connectivity index (χ2n) is 11.9. The molecule has 0 N–H and O–H groups in total. The van der Waals surface area contributed by atoms with Crippen LogP contribution in [-0.4, -0.2) is 39.2 Å². The van der Waals surface area contributed by atoms with E-state index in [1.54, 1.807) is 6.08 Å². The minimum atomic E-state index is -1.79. The molecule has 30 heavy (non-hydrogen) atoms. The van der Waals surface area contributed by atoms with Crippen molar-refractivity contribution in [1.29, 1.82) is 0 Å². The topological polar surface area (TPSA) is 44.8 Å². The summed E-state index contributed by atoms with van der Waals surface area (Å²) in [6.07, 6.45) is 9.01. The normalized spacial score (nSPS) is 38.7. The van der Waals surface area contributed by atoms with Crippen molar-refractivity contribution in [3.8, 4) is 0 Å². The largest absolute Gasteiger partial charge is 0.463 e. The number of ether oxygens (including phenoxy) is 2. The first-order valence-electron chi connectivity index (χ1n) is 12.0. The van der Waals surface area contributed by atoms with E-state index in [0.29, 0.717) is 31.2 Å². The molecule has 3 fully saturated rings. The number of rotatable bonds is 5. The van der Waals surface area contributed by atoms with E-state index in [1.165, 1.54) is 32.1 Å². The lowest BCUT2D eigenvalue weighted by atomic mass is 9.60. The van der Waals surface area contributed by atoms with Crippen LogP contribution in [0.3, 0.4) is 0 Å². The zero-order chi connectivity index (χ0) is 22.4. The van der Waals surface area contributed by atoms with Gasteiger partial charge < -0.3 is 13.9 Å². The second-order valence-corrected chi connectivity index (χ2v) is 16.6. The van der Waals surface area contributed by atoms with Crippen LogP contribution in [0.4, 0.5) is 0 Å². The number of hydrogen-bond donors (Lipinski definition) is 0. The fourth-order valence-corrected chi connectivity index (χ4v) is 7.69. The van der Waals surface area contributed by atoms with E-state index >= 15 is 0 Å². The highest BCUT2D eigenvalue weighted by Crippen LogP contribution is 2.62. The molecule has 0 amide bonds. The Hall–Kier alpha value is -0.653. The van der Waals surface area contributed by atoms with Gasteiger partial charge in [0.05, 0.1) is 18.8 Å². The molecule has 0 bridgehead atoms. The maximum Gasteiger partial charge on any atom is 0.330 e. The summed E-state index contributed by atoms with van der Waals surface area (Å²) >= 11 is 0. The molecule has 5 heteroatoms. The Labute approximate surface area is 185 Å². The summed E-state index contributed by atoms with van der Waals surface area (Å²) in [4.78, 5) is 11.9. The zero-order valence-electron chi connectivity index (χ0n) is 20.6. The second kappa shape index (κ2) is 8.36. The Morgan fingerprint density at radius 3 is 2.57 bits per heavy atom. The predicted molar refractivity (Wildman–Crippen MR) is 124 cm³/mol. The summed E-state index contributed by atoms with van der Waals surface area (Å²) in [5, 5.41) is 0.242. The van der Waals surface area contributed by atoms with Crippen molar-refractivity contribution in [2.45, 2.75) is 110 Å². The molecule has 0 aromatic heterocycles. The average molecular weight is 437 g/mol. The summed E-state index contributed by atoms with van der Waals surface area (Å²) in [7, 11) is -1.79. The van der Waals surface area contributed by atoms with Gasteiger partial charge in [-0.3, -0.25) is 0 Å². The Morgan fingerprint density at radius 2 is 1.93 bits per heavy atom. The maximum absolute atomic E-state index is 11.9. The molecule has 0 aromatic carbocycles. The molecule has 0 unspecified atom stereocenters. The van der Waals surface area contributed by atoms with E-state index in [1.807, 2.05) is 6.92 Å². The van der Waals surface area contributed by atoms with Gasteiger partial charge >= 0.3 is 5.97 Å². The number of fused-ring (bicyclic) bond motifs is 1. The monoisotopic (exact) mass is 436 g/mol. The molecule has 2 saturated carbocycles. The molecule has 3 rings (SSSR count). The van der Waals surface area contributed by atoms with Gasteiger partial charge in [0, 0.05) is 18.6 Å². The van der Waals surface area contributed by atoms with E-state index in [4.69, 9.17) is 13.9 Å². The molecule has 0 radical (unpaired) electrons. The van der Waals surface area contributed by atoms with Gasteiger partial charge in [-0.15, -0.1) is 0 Å². The third kappa shape index (κ3) is 4.45. The van der Waals surface area contributed by atoms with Gasteiger partial charge in [0.15, 0.2) is 8.32 Å². The molecule has 0 aromatic rings. The SMILES string of the molecule is CCOC(=O)C=C1CO[C@](C)([C@H]2CC[C@H]3[C@@H](O[Si](C)(C)C(C)(C)C)CCC[C@@]32C)C1. The van der Waals surface area contributed by atoms with Crippen LogP contribution in [0.2, 0.25) is 18.1 Å².